The maximum Gasteiger partial charge on any atom is 0.251 e. The second-order valence-electron chi connectivity index (χ2n) is 7.18. The normalized spacial score (nSPS) is 18.0. The summed E-state index contributed by atoms with van der Waals surface area (Å²) in [5.41, 5.74) is 0.310. The predicted molar refractivity (Wildman–Crippen MR) is 105 cm³/mol. The molecule has 1 aliphatic carbocycles. The van der Waals surface area contributed by atoms with E-state index in [9.17, 15) is 13.2 Å². The molecule has 1 aliphatic heterocycles. The Bertz CT molecular complexity index is 774. The van der Waals surface area contributed by atoms with Gasteiger partial charge in [0, 0.05) is 31.2 Å². The standard InChI is InChI=1S/C19H29N3O5S/c1-26-17-7-4-15(14-18(17)28(24,25)21-16-5-6-16)19(23)20-8-2-3-9-22-10-12-27-13-11-22/h4,7,14,16,21H,2-3,5-6,8-13H2,1H3,(H,20,23). The Balaban J connectivity index is 1.52. The van der Waals surface area contributed by atoms with Gasteiger partial charge >= 0.3 is 0 Å². The van der Waals surface area contributed by atoms with Crippen molar-refractivity contribution in [3.63, 3.8) is 0 Å². The number of hydrogen-bond acceptors (Lipinski definition) is 6. The van der Waals surface area contributed by atoms with Crippen molar-refractivity contribution in [2.75, 3.05) is 46.5 Å². The van der Waals surface area contributed by atoms with Crippen LogP contribution >= 0.6 is 0 Å². The van der Waals surface area contributed by atoms with E-state index in [0.29, 0.717) is 12.1 Å². The van der Waals surface area contributed by atoms with Gasteiger partial charge in [-0.15, -0.1) is 0 Å². The first kappa shape index (κ1) is 21.0. The highest BCUT2D eigenvalue weighted by Crippen LogP contribution is 2.28. The Morgan fingerprint density at radius 3 is 2.68 bits per heavy atom. The number of carbonyl (C=O) groups excluding carboxylic acids is 1. The smallest absolute Gasteiger partial charge is 0.251 e. The second kappa shape index (κ2) is 9.69. The third-order valence-electron chi connectivity index (χ3n) is 4.90. The SMILES string of the molecule is COc1ccc(C(=O)NCCCCN2CCOCC2)cc1S(=O)(=O)NC1CC1. The maximum atomic E-state index is 12.6. The fraction of sp³-hybridized carbons (Fsp3) is 0.632. The monoisotopic (exact) mass is 411 g/mol. The fourth-order valence-electron chi connectivity index (χ4n) is 3.10. The van der Waals surface area contributed by atoms with Crippen LogP contribution in [0.5, 0.6) is 5.75 Å². The van der Waals surface area contributed by atoms with Crippen molar-refractivity contribution in [1.29, 1.82) is 0 Å². The lowest BCUT2D eigenvalue weighted by Gasteiger charge is -2.26. The summed E-state index contributed by atoms with van der Waals surface area (Å²) in [5, 5.41) is 2.87. The third-order valence-corrected chi connectivity index (χ3v) is 6.45. The van der Waals surface area contributed by atoms with E-state index in [4.69, 9.17) is 9.47 Å². The van der Waals surface area contributed by atoms with Gasteiger partial charge in [-0.1, -0.05) is 0 Å². The van der Waals surface area contributed by atoms with Gasteiger partial charge < -0.3 is 14.8 Å². The Labute approximate surface area is 166 Å². The van der Waals surface area contributed by atoms with Crippen LogP contribution in [0.4, 0.5) is 0 Å². The number of morpholine rings is 1. The summed E-state index contributed by atoms with van der Waals surface area (Å²) in [5.74, 6) is -0.0490. The predicted octanol–water partition coefficient (Wildman–Crippen LogP) is 0.978. The Kier molecular flexibility index (Phi) is 7.28. The van der Waals surface area contributed by atoms with Crippen LogP contribution in [0.2, 0.25) is 0 Å². The lowest BCUT2D eigenvalue weighted by molar-refractivity contribution is 0.0372. The lowest BCUT2D eigenvalue weighted by Crippen LogP contribution is -2.37. The number of benzene rings is 1. The number of amides is 1. The third kappa shape index (κ3) is 5.91. The summed E-state index contributed by atoms with van der Waals surface area (Å²) >= 11 is 0. The van der Waals surface area contributed by atoms with Crippen molar-refractivity contribution in [2.45, 2.75) is 36.6 Å². The van der Waals surface area contributed by atoms with Gasteiger partial charge in [0.15, 0.2) is 0 Å². The van der Waals surface area contributed by atoms with E-state index in [2.05, 4.69) is 14.9 Å². The van der Waals surface area contributed by atoms with E-state index >= 15 is 0 Å². The number of nitrogens with zero attached hydrogens (tertiary/aromatic N) is 1. The zero-order valence-electron chi connectivity index (χ0n) is 16.3. The van der Waals surface area contributed by atoms with E-state index in [1.54, 1.807) is 6.07 Å². The van der Waals surface area contributed by atoms with E-state index in [0.717, 1.165) is 58.5 Å². The molecule has 2 aliphatic rings. The molecule has 0 atom stereocenters. The summed E-state index contributed by atoms with van der Waals surface area (Å²) in [6.45, 7) is 5.05. The molecule has 2 fully saturated rings. The molecule has 1 aromatic carbocycles. The molecule has 2 N–H and O–H groups in total. The Hall–Kier alpha value is -1.68. The van der Waals surface area contributed by atoms with Gasteiger partial charge in [0.2, 0.25) is 10.0 Å². The molecule has 1 aromatic rings. The van der Waals surface area contributed by atoms with Crippen LogP contribution in [0.3, 0.4) is 0 Å². The molecule has 28 heavy (non-hydrogen) atoms. The highest BCUT2D eigenvalue weighted by molar-refractivity contribution is 7.89. The summed E-state index contributed by atoms with van der Waals surface area (Å²) in [6.07, 6.45) is 3.54. The minimum atomic E-state index is -3.71. The topological polar surface area (TPSA) is 97.0 Å². The fourth-order valence-corrected chi connectivity index (χ4v) is 4.60. The lowest BCUT2D eigenvalue weighted by atomic mass is 10.2. The number of carbonyl (C=O) groups is 1. The molecule has 1 heterocycles. The minimum absolute atomic E-state index is 0.00173. The van der Waals surface area contributed by atoms with Crippen molar-refractivity contribution in [3.05, 3.63) is 23.8 Å². The zero-order chi connectivity index (χ0) is 20.0. The average molecular weight is 412 g/mol. The minimum Gasteiger partial charge on any atom is -0.495 e. The molecule has 1 saturated carbocycles. The molecule has 1 amide bonds. The second-order valence-corrected chi connectivity index (χ2v) is 8.86. The maximum absolute atomic E-state index is 12.6. The van der Waals surface area contributed by atoms with Crippen LogP contribution in [-0.4, -0.2) is 71.8 Å². The molecule has 1 saturated heterocycles. The first-order valence-corrected chi connectivity index (χ1v) is 11.3. The van der Waals surface area contributed by atoms with Gasteiger partial charge in [0.1, 0.15) is 10.6 Å². The van der Waals surface area contributed by atoms with Crippen molar-refractivity contribution in [1.82, 2.24) is 14.9 Å². The van der Waals surface area contributed by atoms with E-state index in [1.165, 1.54) is 19.2 Å². The highest BCUT2D eigenvalue weighted by Gasteiger charge is 2.30. The Morgan fingerprint density at radius 2 is 2.00 bits per heavy atom. The van der Waals surface area contributed by atoms with Gasteiger partial charge in [-0.3, -0.25) is 9.69 Å². The van der Waals surface area contributed by atoms with Gasteiger partial charge in [-0.2, -0.15) is 0 Å². The summed E-state index contributed by atoms with van der Waals surface area (Å²) in [4.78, 5) is 14.8. The van der Waals surface area contributed by atoms with E-state index in [-0.39, 0.29) is 22.6 Å². The summed E-state index contributed by atoms with van der Waals surface area (Å²) in [7, 11) is -2.29. The quantitative estimate of drug-likeness (QED) is 0.557. The first-order chi connectivity index (χ1) is 13.5. The number of rotatable bonds is 10. The van der Waals surface area contributed by atoms with E-state index < -0.39 is 10.0 Å². The number of methoxy groups -OCH3 is 1. The van der Waals surface area contributed by atoms with Crippen molar-refractivity contribution in [3.8, 4) is 5.75 Å². The molecule has 9 heteroatoms. The van der Waals surface area contributed by atoms with Gasteiger partial charge in [-0.25, -0.2) is 13.1 Å². The number of unbranched alkanes of at least 4 members (excludes halogenated alkanes) is 1. The summed E-state index contributed by atoms with van der Waals surface area (Å²) < 4.78 is 38.2. The van der Waals surface area contributed by atoms with Crippen LogP contribution in [0.15, 0.2) is 23.1 Å². The van der Waals surface area contributed by atoms with Crippen LogP contribution in [0, 0.1) is 0 Å². The molecule has 0 aromatic heterocycles. The molecular formula is C19H29N3O5S. The molecule has 156 valence electrons. The molecule has 8 nitrogen and oxygen atoms in total. The first-order valence-electron chi connectivity index (χ1n) is 9.78. The number of sulfonamides is 1. The number of hydrogen-bond donors (Lipinski definition) is 2. The van der Waals surface area contributed by atoms with Crippen molar-refractivity contribution in [2.24, 2.45) is 0 Å². The number of nitrogens with one attached hydrogen (secondary N) is 2. The molecule has 3 rings (SSSR count). The molecule has 0 spiro atoms. The molecule has 0 radical (unpaired) electrons. The van der Waals surface area contributed by atoms with Crippen LogP contribution in [0.25, 0.3) is 0 Å². The van der Waals surface area contributed by atoms with Crippen LogP contribution in [0.1, 0.15) is 36.0 Å². The van der Waals surface area contributed by atoms with Gasteiger partial charge in [0.25, 0.3) is 5.91 Å². The van der Waals surface area contributed by atoms with E-state index in [1.807, 2.05) is 0 Å². The summed E-state index contributed by atoms with van der Waals surface area (Å²) in [6, 6.07) is 4.47. The van der Waals surface area contributed by atoms with Gasteiger partial charge in [-0.05, 0) is 50.4 Å². The highest BCUT2D eigenvalue weighted by atomic mass is 32.2. The largest absolute Gasteiger partial charge is 0.495 e. The number of ether oxygens (including phenoxy) is 2. The molecular weight excluding hydrogens is 382 g/mol. The molecule has 0 unspecified atom stereocenters. The zero-order valence-corrected chi connectivity index (χ0v) is 17.1. The average Bonchev–Trinajstić information content (AvgIpc) is 3.51. The van der Waals surface area contributed by atoms with Crippen LogP contribution < -0.4 is 14.8 Å². The Morgan fingerprint density at radius 1 is 1.25 bits per heavy atom. The van der Waals surface area contributed by atoms with Crippen molar-refractivity contribution >= 4 is 15.9 Å². The molecule has 0 bridgehead atoms. The van der Waals surface area contributed by atoms with Crippen LogP contribution in [-0.2, 0) is 14.8 Å². The van der Waals surface area contributed by atoms with Gasteiger partial charge in [0.05, 0.1) is 20.3 Å². The van der Waals surface area contributed by atoms with Crippen molar-refractivity contribution < 1.29 is 22.7 Å².